The van der Waals surface area contributed by atoms with Gasteiger partial charge in [0.1, 0.15) is 30.8 Å². The Morgan fingerprint density at radius 3 is 2.43 bits per heavy atom. The van der Waals surface area contributed by atoms with E-state index in [9.17, 15) is 52.3 Å². The zero-order chi connectivity index (χ0) is 54.0. The minimum atomic E-state index is -5.08. The Morgan fingerprint density at radius 1 is 0.947 bits per heavy atom. The summed E-state index contributed by atoms with van der Waals surface area (Å²) in [5.74, 6) is -5.08. The fraction of sp³-hybridized carbons (Fsp3) is 0.491. The highest BCUT2D eigenvalue weighted by molar-refractivity contribution is 7.51. The number of hydrogen-bond donors (Lipinski definition) is 4. The molecular formula is C53H62FN8O12PS. The fourth-order valence-electron chi connectivity index (χ4n) is 11.6. The second-order valence-electron chi connectivity index (χ2n) is 22.0. The number of likely N-dealkylation sites (tertiary alicyclic amines) is 3. The number of aromatic nitrogens is 2. The zero-order valence-corrected chi connectivity index (χ0v) is 44.4. The van der Waals surface area contributed by atoms with Gasteiger partial charge in [-0.2, -0.15) is 0 Å². The molecular weight excluding hydrogens is 1020 g/mol. The Morgan fingerprint density at radius 2 is 1.71 bits per heavy atom. The van der Waals surface area contributed by atoms with Crippen molar-refractivity contribution in [3.63, 3.8) is 0 Å². The first-order valence-corrected chi connectivity index (χ1v) is 28.0. The normalized spacial score (nSPS) is 23.0. The number of hydrogen-bond acceptors (Lipinski definition) is 12. The molecule has 0 bridgehead atoms. The van der Waals surface area contributed by atoms with Gasteiger partial charge < -0.3 is 39.3 Å². The van der Waals surface area contributed by atoms with Gasteiger partial charge in [-0.1, -0.05) is 63.2 Å². The summed E-state index contributed by atoms with van der Waals surface area (Å²) in [7, 11) is -3.41. The van der Waals surface area contributed by atoms with Gasteiger partial charge >= 0.3 is 13.3 Å². The second-order valence-corrected chi connectivity index (χ2v) is 24.7. The number of rotatable bonds is 13. The molecule has 20 nitrogen and oxygen atoms in total. The molecule has 76 heavy (non-hydrogen) atoms. The maximum atomic E-state index is 15.0. The van der Waals surface area contributed by atoms with Gasteiger partial charge in [0.05, 0.1) is 35.2 Å². The molecule has 10 rings (SSSR count). The number of nitrogens with one attached hydrogen (secondary N) is 2. The molecule has 5 aliphatic heterocycles. The van der Waals surface area contributed by atoms with Crippen molar-refractivity contribution < 1.29 is 57.0 Å². The second kappa shape index (κ2) is 20.7. The lowest BCUT2D eigenvalue weighted by Gasteiger charge is -2.48. The van der Waals surface area contributed by atoms with E-state index in [-0.39, 0.29) is 91.4 Å². The third-order valence-corrected chi connectivity index (χ3v) is 17.6. The SMILES string of the molecule is Cn1c(=O)n(C2CCC(=O)NC2=O)c2ccc(CN3CC4(CCN(C(=O)CO[C@@H]5CCN(C(=O)[C@@H](NC(=O)c6cc7cc([C@H](F)P(=O)(O)O)ccc7s6)C(C)(C)C)[C@@H]5C(=O)N5CCO[C@H](c6ccccc6)C5)C4)C3)cc21. The van der Waals surface area contributed by atoms with E-state index in [2.05, 4.69) is 15.5 Å². The fourth-order valence-corrected chi connectivity index (χ4v) is 13.1. The molecule has 2 aromatic heterocycles. The lowest BCUT2D eigenvalue weighted by molar-refractivity contribution is -0.156. The summed E-state index contributed by atoms with van der Waals surface area (Å²) in [4.78, 5) is 122. The molecule has 5 aromatic rings. The van der Waals surface area contributed by atoms with Crippen LogP contribution in [0.2, 0.25) is 0 Å². The Bertz CT molecular complexity index is 3240. The highest BCUT2D eigenvalue weighted by Gasteiger charge is 2.51. The van der Waals surface area contributed by atoms with E-state index < -0.39 is 67.0 Å². The smallest absolute Gasteiger partial charge is 0.363 e. The molecule has 5 saturated heterocycles. The number of morpholine rings is 1. The van der Waals surface area contributed by atoms with Crippen LogP contribution in [0.5, 0.6) is 0 Å². The van der Waals surface area contributed by atoms with Gasteiger partial charge in [-0.15, -0.1) is 11.3 Å². The zero-order valence-electron chi connectivity index (χ0n) is 42.7. The predicted octanol–water partition coefficient (Wildman–Crippen LogP) is 4.14. The van der Waals surface area contributed by atoms with E-state index >= 15 is 0 Å². The highest BCUT2D eigenvalue weighted by atomic mass is 32.1. The van der Waals surface area contributed by atoms with Crippen molar-refractivity contribution in [2.24, 2.45) is 17.9 Å². The average Bonchev–Trinajstić information content (AvgIpc) is 4.19. The van der Waals surface area contributed by atoms with E-state index in [1.807, 2.05) is 48.5 Å². The monoisotopic (exact) mass is 1080 g/mol. The molecule has 6 atom stereocenters. The highest BCUT2D eigenvalue weighted by Crippen LogP contribution is 2.53. The number of nitrogens with zero attached hydrogens (tertiary/aromatic N) is 6. The van der Waals surface area contributed by atoms with Gasteiger partial charge in [-0.05, 0) is 77.1 Å². The lowest BCUT2D eigenvalue weighted by Crippen LogP contribution is -2.60. The molecule has 0 radical (unpaired) electrons. The van der Waals surface area contributed by atoms with Crippen LogP contribution >= 0.6 is 18.9 Å². The number of piperidine rings is 1. The number of imidazole rings is 1. The van der Waals surface area contributed by atoms with Crippen molar-refractivity contribution in [1.29, 1.82) is 0 Å². The first-order chi connectivity index (χ1) is 36.1. The summed E-state index contributed by atoms with van der Waals surface area (Å²) in [5.41, 5.74) is 1.64. The Labute approximate surface area is 441 Å². The van der Waals surface area contributed by atoms with Gasteiger partial charge in [-0.3, -0.25) is 52.7 Å². The van der Waals surface area contributed by atoms with Gasteiger partial charge in [0.2, 0.25) is 35.4 Å². The standard InChI is InChI=1S/C53H62FN8O12PS/c1-52(2,3)45(56-48(66)41-24-34-23-33(11-14-40(34)76-41)46(54)75(70,71)72)50(68)61-18-16-38(44(61)49(67)59-20-21-73-39(26-59)32-8-6-5-7-9-32)74-27-43(64)60-19-17-53(30-60)28-58(29-53)25-31-10-12-35-37(22-31)57(4)51(69)62(35)36-13-15-42(63)55-47(36)65/h5-12,14,22-24,36,38-39,44-46H,13,15-21,25-30H2,1-4H3,(H,56,66)(H,55,63,65)(H2,70,71,72)/t36?,38-,39+,44+,45-,46-/m1/s1. The van der Waals surface area contributed by atoms with Crippen LogP contribution in [0.3, 0.4) is 0 Å². The van der Waals surface area contributed by atoms with E-state index in [1.165, 1.54) is 38.3 Å². The maximum absolute atomic E-state index is 15.0. The number of carbonyl (C=O) groups is 6. The number of aryl methyl sites for hydroxylation is 1. The van der Waals surface area contributed by atoms with Gasteiger partial charge in [-0.25, -0.2) is 9.18 Å². The van der Waals surface area contributed by atoms with Crippen LogP contribution in [-0.2, 0) is 51.6 Å². The molecule has 6 amide bonds. The Hall–Kier alpha value is -6.13. The van der Waals surface area contributed by atoms with Crippen LogP contribution < -0.4 is 16.3 Å². The number of amides is 6. The van der Waals surface area contributed by atoms with Crippen LogP contribution in [0, 0.1) is 10.8 Å². The Balaban J connectivity index is 0.807. The number of carbonyl (C=O) groups excluding carboxylic acids is 6. The van der Waals surface area contributed by atoms with Gasteiger partial charge in [0.15, 0.2) is 0 Å². The van der Waals surface area contributed by atoms with Gasteiger partial charge in [0.25, 0.3) is 5.91 Å². The number of ether oxygens (including phenoxy) is 2. The minimum absolute atomic E-state index is 0.107. The van der Waals surface area contributed by atoms with Crippen LogP contribution in [0.4, 0.5) is 4.39 Å². The molecule has 0 aliphatic carbocycles. The first-order valence-electron chi connectivity index (χ1n) is 25.5. The van der Waals surface area contributed by atoms with Crippen LogP contribution in [0.25, 0.3) is 21.1 Å². The summed E-state index contributed by atoms with van der Waals surface area (Å²) in [6.07, 6.45) is 0.175. The number of fused-ring (bicyclic) bond motifs is 2. The summed E-state index contributed by atoms with van der Waals surface area (Å²) >= 11 is 1.07. The van der Waals surface area contributed by atoms with E-state index in [1.54, 1.807) is 37.6 Å². The number of halogens is 1. The van der Waals surface area contributed by atoms with Crippen molar-refractivity contribution in [3.05, 3.63) is 105 Å². The summed E-state index contributed by atoms with van der Waals surface area (Å²) in [6, 6.07) is 17.7. The van der Waals surface area contributed by atoms with Crippen molar-refractivity contribution in [2.75, 3.05) is 59.0 Å². The topological polar surface area (TPSA) is 242 Å². The quantitative estimate of drug-likeness (QED) is 0.0959. The van der Waals surface area contributed by atoms with E-state index in [0.717, 1.165) is 42.0 Å². The molecule has 7 heterocycles. The van der Waals surface area contributed by atoms with Crippen molar-refractivity contribution in [2.45, 2.75) is 89.2 Å². The summed E-state index contributed by atoms with van der Waals surface area (Å²) < 4.78 is 42.3. The predicted molar refractivity (Wildman–Crippen MR) is 278 cm³/mol. The maximum Gasteiger partial charge on any atom is 0.363 e. The molecule has 5 aliphatic rings. The number of thiophene rings is 1. The molecule has 1 spiro atoms. The van der Waals surface area contributed by atoms with Crippen molar-refractivity contribution in [1.82, 2.24) is 39.4 Å². The molecule has 3 aromatic carbocycles. The minimum Gasteiger partial charge on any atom is -0.370 e. The summed E-state index contributed by atoms with van der Waals surface area (Å²) in [5, 5.41) is 5.64. The number of alkyl halides is 1. The van der Waals surface area contributed by atoms with Crippen LogP contribution in [-0.4, -0.2) is 151 Å². The lowest BCUT2D eigenvalue weighted by atomic mass is 9.79. The molecule has 1 unspecified atom stereocenters. The molecule has 0 saturated carbocycles. The molecule has 5 fully saturated rings. The van der Waals surface area contributed by atoms with E-state index in [4.69, 9.17) is 9.47 Å². The molecule has 404 valence electrons. The van der Waals surface area contributed by atoms with Crippen molar-refractivity contribution >= 4 is 75.5 Å². The molecule has 4 N–H and O–H groups in total. The van der Waals surface area contributed by atoms with Crippen molar-refractivity contribution in [3.8, 4) is 0 Å². The number of benzene rings is 3. The Kier molecular flexibility index (Phi) is 14.5. The van der Waals surface area contributed by atoms with Gasteiger partial charge in [0, 0.05) is 69.4 Å². The average molecular weight is 1090 g/mol. The first kappa shape index (κ1) is 53.3. The largest absolute Gasteiger partial charge is 0.370 e. The third kappa shape index (κ3) is 10.5. The number of imide groups is 1. The third-order valence-electron chi connectivity index (χ3n) is 15.6. The van der Waals surface area contributed by atoms with Crippen LogP contribution in [0.1, 0.15) is 90.9 Å². The van der Waals surface area contributed by atoms with Crippen LogP contribution in [0.15, 0.2) is 77.6 Å². The summed E-state index contributed by atoms with van der Waals surface area (Å²) in [6.45, 7) is 9.08. The molecule has 23 heteroatoms. The van der Waals surface area contributed by atoms with E-state index in [0.29, 0.717) is 40.8 Å².